The standard InChI is InChI=1S/C14H10ClFO2/c1-9-2-3-13(15)14(4-9)18-12-6-10(8-17)5-11(16)7-12/h2-8H,1H3. The fraction of sp³-hybridized carbons (Fsp3) is 0.0714. The summed E-state index contributed by atoms with van der Waals surface area (Å²) in [4.78, 5) is 10.6. The van der Waals surface area contributed by atoms with Crippen LogP contribution in [0.1, 0.15) is 15.9 Å². The molecule has 0 aliphatic heterocycles. The van der Waals surface area contributed by atoms with Crippen molar-refractivity contribution in [2.24, 2.45) is 0 Å². The second kappa shape index (κ2) is 5.19. The molecule has 0 N–H and O–H groups in total. The van der Waals surface area contributed by atoms with Crippen LogP contribution in [0.15, 0.2) is 36.4 Å². The summed E-state index contributed by atoms with van der Waals surface area (Å²) in [6.45, 7) is 1.89. The number of carbonyl (C=O) groups is 1. The first kappa shape index (κ1) is 12.6. The van der Waals surface area contributed by atoms with Crippen molar-refractivity contribution in [1.82, 2.24) is 0 Å². The fourth-order valence-corrected chi connectivity index (χ4v) is 1.68. The quantitative estimate of drug-likeness (QED) is 0.769. The normalized spacial score (nSPS) is 10.2. The molecular weight excluding hydrogens is 255 g/mol. The largest absolute Gasteiger partial charge is 0.456 e. The summed E-state index contributed by atoms with van der Waals surface area (Å²) in [5.74, 6) is 0.141. The van der Waals surface area contributed by atoms with Gasteiger partial charge in [-0.3, -0.25) is 4.79 Å². The fourth-order valence-electron chi connectivity index (χ4n) is 1.53. The minimum atomic E-state index is -0.529. The monoisotopic (exact) mass is 264 g/mol. The zero-order valence-electron chi connectivity index (χ0n) is 9.61. The van der Waals surface area contributed by atoms with Crippen molar-refractivity contribution in [1.29, 1.82) is 0 Å². The summed E-state index contributed by atoms with van der Waals surface area (Å²) in [6, 6.07) is 9.08. The Hall–Kier alpha value is -1.87. The molecule has 0 spiro atoms. The van der Waals surface area contributed by atoms with Gasteiger partial charge in [-0.1, -0.05) is 17.7 Å². The highest BCUT2D eigenvalue weighted by atomic mass is 35.5. The van der Waals surface area contributed by atoms with E-state index in [1.165, 1.54) is 12.1 Å². The van der Waals surface area contributed by atoms with Gasteiger partial charge in [-0.25, -0.2) is 4.39 Å². The third-order valence-corrected chi connectivity index (χ3v) is 2.66. The summed E-state index contributed by atoms with van der Waals surface area (Å²) in [6.07, 6.45) is 0.563. The first-order valence-corrected chi connectivity index (χ1v) is 5.66. The molecule has 2 rings (SSSR count). The van der Waals surface area contributed by atoms with Gasteiger partial charge in [0, 0.05) is 11.6 Å². The van der Waals surface area contributed by atoms with Crippen LogP contribution in [0.2, 0.25) is 5.02 Å². The minimum absolute atomic E-state index is 0.216. The molecule has 18 heavy (non-hydrogen) atoms. The van der Waals surface area contributed by atoms with Crippen LogP contribution < -0.4 is 4.74 Å². The minimum Gasteiger partial charge on any atom is -0.456 e. The highest BCUT2D eigenvalue weighted by molar-refractivity contribution is 6.32. The second-order valence-corrected chi connectivity index (χ2v) is 4.28. The third-order valence-electron chi connectivity index (χ3n) is 2.34. The molecule has 0 bridgehead atoms. The van der Waals surface area contributed by atoms with Crippen LogP contribution in [0.4, 0.5) is 4.39 Å². The number of hydrogen-bond donors (Lipinski definition) is 0. The van der Waals surface area contributed by atoms with Crippen molar-refractivity contribution < 1.29 is 13.9 Å². The maximum atomic E-state index is 13.2. The first-order chi connectivity index (χ1) is 8.58. The van der Waals surface area contributed by atoms with E-state index in [4.69, 9.17) is 16.3 Å². The molecule has 0 fully saturated rings. The topological polar surface area (TPSA) is 26.3 Å². The Morgan fingerprint density at radius 3 is 2.72 bits per heavy atom. The molecule has 0 radical (unpaired) electrons. The number of aryl methyl sites for hydroxylation is 1. The summed E-state index contributed by atoms with van der Waals surface area (Å²) in [7, 11) is 0. The molecule has 0 saturated carbocycles. The number of aldehydes is 1. The molecule has 4 heteroatoms. The van der Waals surface area contributed by atoms with E-state index in [9.17, 15) is 9.18 Å². The molecule has 0 atom stereocenters. The number of carbonyl (C=O) groups excluding carboxylic acids is 1. The maximum Gasteiger partial charge on any atom is 0.150 e. The predicted molar refractivity (Wildman–Crippen MR) is 68.1 cm³/mol. The van der Waals surface area contributed by atoms with Gasteiger partial charge in [0.2, 0.25) is 0 Å². The van der Waals surface area contributed by atoms with Crippen LogP contribution in [0.5, 0.6) is 11.5 Å². The lowest BCUT2D eigenvalue weighted by Crippen LogP contribution is -1.90. The molecule has 0 heterocycles. The maximum absolute atomic E-state index is 13.2. The van der Waals surface area contributed by atoms with Gasteiger partial charge in [-0.15, -0.1) is 0 Å². The molecular formula is C14H10ClFO2. The van der Waals surface area contributed by atoms with Crippen molar-refractivity contribution in [2.75, 3.05) is 0 Å². The SMILES string of the molecule is Cc1ccc(Cl)c(Oc2cc(F)cc(C=O)c2)c1. The Morgan fingerprint density at radius 1 is 1.22 bits per heavy atom. The molecule has 0 aliphatic carbocycles. The van der Waals surface area contributed by atoms with E-state index in [-0.39, 0.29) is 11.3 Å². The van der Waals surface area contributed by atoms with E-state index in [2.05, 4.69) is 0 Å². The van der Waals surface area contributed by atoms with Crippen LogP contribution in [-0.2, 0) is 0 Å². The van der Waals surface area contributed by atoms with E-state index < -0.39 is 5.82 Å². The third kappa shape index (κ3) is 2.87. The summed E-state index contributed by atoms with van der Waals surface area (Å²) >= 11 is 5.97. The molecule has 92 valence electrons. The van der Waals surface area contributed by atoms with Crippen LogP contribution >= 0.6 is 11.6 Å². The van der Waals surface area contributed by atoms with Gasteiger partial charge in [0.1, 0.15) is 23.6 Å². The van der Waals surface area contributed by atoms with Crippen molar-refractivity contribution in [2.45, 2.75) is 6.92 Å². The molecule has 2 nitrogen and oxygen atoms in total. The smallest absolute Gasteiger partial charge is 0.150 e. The first-order valence-electron chi connectivity index (χ1n) is 5.28. The Kier molecular flexibility index (Phi) is 3.63. The van der Waals surface area contributed by atoms with Gasteiger partial charge in [0.15, 0.2) is 0 Å². The molecule has 0 unspecified atom stereocenters. The number of ether oxygens (including phenoxy) is 1. The second-order valence-electron chi connectivity index (χ2n) is 3.87. The van der Waals surface area contributed by atoms with Crippen molar-refractivity contribution in [3.8, 4) is 11.5 Å². The van der Waals surface area contributed by atoms with Crippen LogP contribution in [0, 0.1) is 12.7 Å². The van der Waals surface area contributed by atoms with Gasteiger partial charge >= 0.3 is 0 Å². The highest BCUT2D eigenvalue weighted by Gasteiger charge is 2.06. The van der Waals surface area contributed by atoms with E-state index in [0.717, 1.165) is 11.6 Å². The molecule has 2 aromatic carbocycles. The Bertz CT molecular complexity index is 596. The predicted octanol–water partition coefficient (Wildman–Crippen LogP) is 4.39. The summed E-state index contributed by atoms with van der Waals surface area (Å²) in [5.41, 5.74) is 1.19. The van der Waals surface area contributed by atoms with E-state index in [0.29, 0.717) is 17.1 Å². The summed E-state index contributed by atoms with van der Waals surface area (Å²) < 4.78 is 18.7. The molecule has 0 amide bonds. The van der Waals surface area contributed by atoms with Crippen LogP contribution in [-0.4, -0.2) is 6.29 Å². The van der Waals surface area contributed by atoms with Crippen LogP contribution in [0.3, 0.4) is 0 Å². The zero-order valence-corrected chi connectivity index (χ0v) is 10.4. The molecule has 2 aromatic rings. The Balaban J connectivity index is 2.36. The molecule has 0 aromatic heterocycles. The lowest BCUT2D eigenvalue weighted by Gasteiger charge is -2.09. The van der Waals surface area contributed by atoms with Crippen LogP contribution in [0.25, 0.3) is 0 Å². The van der Waals surface area contributed by atoms with Gasteiger partial charge in [0.25, 0.3) is 0 Å². The van der Waals surface area contributed by atoms with Gasteiger partial charge in [0.05, 0.1) is 5.02 Å². The van der Waals surface area contributed by atoms with Gasteiger partial charge in [-0.2, -0.15) is 0 Å². The van der Waals surface area contributed by atoms with Crippen molar-refractivity contribution in [3.05, 3.63) is 58.4 Å². The summed E-state index contributed by atoms with van der Waals surface area (Å²) in [5, 5.41) is 0.428. The van der Waals surface area contributed by atoms with Gasteiger partial charge in [-0.05, 0) is 36.8 Å². The van der Waals surface area contributed by atoms with Crippen molar-refractivity contribution in [3.63, 3.8) is 0 Å². The lowest BCUT2D eigenvalue weighted by atomic mass is 10.2. The molecule has 0 saturated heterocycles. The lowest BCUT2D eigenvalue weighted by molar-refractivity contribution is 0.112. The molecule has 0 aliphatic rings. The van der Waals surface area contributed by atoms with E-state index in [1.807, 2.05) is 13.0 Å². The Morgan fingerprint density at radius 2 is 2.00 bits per heavy atom. The van der Waals surface area contributed by atoms with Gasteiger partial charge < -0.3 is 4.74 Å². The number of halogens is 2. The highest BCUT2D eigenvalue weighted by Crippen LogP contribution is 2.30. The number of benzene rings is 2. The number of rotatable bonds is 3. The zero-order chi connectivity index (χ0) is 13.1. The number of hydrogen-bond acceptors (Lipinski definition) is 2. The van der Waals surface area contributed by atoms with E-state index >= 15 is 0 Å². The average molecular weight is 265 g/mol. The Labute approximate surface area is 109 Å². The van der Waals surface area contributed by atoms with E-state index in [1.54, 1.807) is 12.1 Å². The average Bonchev–Trinajstić information content (AvgIpc) is 2.33. The van der Waals surface area contributed by atoms with Crippen molar-refractivity contribution >= 4 is 17.9 Å².